The van der Waals surface area contributed by atoms with Crippen molar-refractivity contribution in [1.29, 1.82) is 0 Å². The number of amides is 2. The highest BCUT2D eigenvalue weighted by molar-refractivity contribution is 5.98. The number of hydrogen-bond acceptors (Lipinski definition) is 6. The quantitative estimate of drug-likeness (QED) is 0.396. The van der Waals surface area contributed by atoms with Gasteiger partial charge in [-0.1, -0.05) is 42.0 Å². The molecule has 1 unspecified atom stereocenters. The van der Waals surface area contributed by atoms with Crippen LogP contribution in [0.1, 0.15) is 58.4 Å². The number of benzene rings is 2. The van der Waals surface area contributed by atoms with Crippen LogP contribution in [-0.2, 0) is 27.4 Å². The van der Waals surface area contributed by atoms with Gasteiger partial charge in [-0.2, -0.15) is 0 Å². The van der Waals surface area contributed by atoms with Gasteiger partial charge in [-0.15, -0.1) is 0 Å². The van der Waals surface area contributed by atoms with Crippen molar-refractivity contribution in [3.8, 4) is 11.5 Å². The number of nitrogens with two attached hydrogens (primary N) is 1. The van der Waals surface area contributed by atoms with E-state index >= 15 is 0 Å². The Morgan fingerprint density at radius 3 is 2.61 bits per heavy atom. The van der Waals surface area contributed by atoms with Gasteiger partial charge < -0.3 is 25.6 Å². The first-order valence-electron chi connectivity index (χ1n) is 10.6. The molecule has 0 saturated heterocycles. The Bertz CT molecular complexity index is 1110. The largest absolute Gasteiger partial charge is 0.507 e. The van der Waals surface area contributed by atoms with E-state index in [-0.39, 0.29) is 30.2 Å². The molecule has 1 heterocycles. The number of aromatic hydroxyl groups is 1. The van der Waals surface area contributed by atoms with Gasteiger partial charge >= 0.3 is 5.97 Å². The average molecular weight is 453 g/mol. The molecule has 2 aromatic carbocycles. The number of phenolic OH excluding ortho intramolecular Hbond substituents is 1. The van der Waals surface area contributed by atoms with Gasteiger partial charge in [0.15, 0.2) is 0 Å². The summed E-state index contributed by atoms with van der Waals surface area (Å²) in [4.78, 5) is 36.2. The van der Waals surface area contributed by atoms with E-state index in [1.807, 2.05) is 26.0 Å². The van der Waals surface area contributed by atoms with E-state index in [2.05, 4.69) is 5.32 Å². The van der Waals surface area contributed by atoms with E-state index in [1.54, 1.807) is 24.3 Å². The minimum Gasteiger partial charge on any atom is -0.507 e. The lowest BCUT2D eigenvalue weighted by Gasteiger charge is -2.16. The molecule has 0 aliphatic carbocycles. The Morgan fingerprint density at radius 2 is 1.97 bits per heavy atom. The van der Waals surface area contributed by atoms with E-state index in [9.17, 15) is 19.5 Å². The van der Waals surface area contributed by atoms with E-state index in [0.29, 0.717) is 35.3 Å². The predicted octanol–water partition coefficient (Wildman–Crippen LogP) is 2.99. The minimum absolute atomic E-state index is 0.115. The zero-order chi connectivity index (χ0) is 24.1. The van der Waals surface area contributed by atoms with Crippen LogP contribution in [-0.4, -0.2) is 30.0 Å². The van der Waals surface area contributed by atoms with Crippen molar-refractivity contribution in [3.63, 3.8) is 0 Å². The maximum atomic E-state index is 12.4. The van der Waals surface area contributed by atoms with Crippen LogP contribution in [0.15, 0.2) is 42.0 Å². The Hall–Kier alpha value is -3.81. The summed E-state index contributed by atoms with van der Waals surface area (Å²) in [5.41, 5.74) is 9.06. The van der Waals surface area contributed by atoms with E-state index in [4.69, 9.17) is 15.2 Å². The number of primary amides is 1. The predicted molar refractivity (Wildman–Crippen MR) is 122 cm³/mol. The first-order chi connectivity index (χ1) is 15.7. The van der Waals surface area contributed by atoms with Crippen LogP contribution in [0, 0.1) is 6.92 Å². The standard InChI is InChI=1S/C25H28N2O6/c1-14(10-12-19(28)27-21(24(26)30)16-7-5-4-6-8-16)9-11-17-22(29)20-18(13-33-25(20)31)15(2)23(17)32-3/h4-9,21,29H,10-13H2,1-3H3,(H2,26,30)(H,27,28)/b14-9+. The minimum atomic E-state index is -0.890. The first kappa shape index (κ1) is 23.8. The van der Waals surface area contributed by atoms with Crippen molar-refractivity contribution in [2.45, 2.75) is 45.8 Å². The van der Waals surface area contributed by atoms with Crippen LogP contribution < -0.4 is 15.8 Å². The lowest BCUT2D eigenvalue weighted by molar-refractivity contribution is -0.127. The van der Waals surface area contributed by atoms with Gasteiger partial charge in [-0.3, -0.25) is 9.59 Å². The number of fused-ring (bicyclic) bond motifs is 1. The van der Waals surface area contributed by atoms with Gasteiger partial charge in [0.25, 0.3) is 0 Å². The fraction of sp³-hybridized carbons (Fsp3) is 0.320. The molecular formula is C25H28N2O6. The summed E-state index contributed by atoms with van der Waals surface area (Å²) in [7, 11) is 1.51. The molecule has 0 bridgehead atoms. The zero-order valence-electron chi connectivity index (χ0n) is 18.9. The molecule has 174 valence electrons. The van der Waals surface area contributed by atoms with Gasteiger partial charge in [0, 0.05) is 17.5 Å². The van der Waals surface area contributed by atoms with Gasteiger partial charge in [0.2, 0.25) is 11.8 Å². The third-order valence-electron chi connectivity index (χ3n) is 5.77. The zero-order valence-corrected chi connectivity index (χ0v) is 18.9. The Kier molecular flexibility index (Phi) is 7.37. The molecule has 33 heavy (non-hydrogen) atoms. The summed E-state index contributed by atoms with van der Waals surface area (Å²) in [6, 6.07) is 7.93. The molecule has 0 saturated carbocycles. The second-order valence-corrected chi connectivity index (χ2v) is 7.98. The van der Waals surface area contributed by atoms with Crippen LogP contribution in [0.25, 0.3) is 0 Å². The van der Waals surface area contributed by atoms with E-state index < -0.39 is 17.9 Å². The highest BCUT2D eigenvalue weighted by atomic mass is 16.5. The Balaban J connectivity index is 1.67. The van der Waals surface area contributed by atoms with Crippen LogP contribution in [0.4, 0.5) is 0 Å². The number of nitrogens with one attached hydrogen (secondary N) is 1. The number of cyclic esters (lactones) is 1. The number of ether oxygens (including phenoxy) is 2. The fourth-order valence-corrected chi connectivity index (χ4v) is 3.91. The van der Waals surface area contributed by atoms with Crippen molar-refractivity contribution in [3.05, 3.63) is 69.8 Å². The van der Waals surface area contributed by atoms with Crippen LogP contribution >= 0.6 is 0 Å². The van der Waals surface area contributed by atoms with Crippen molar-refractivity contribution < 1.29 is 29.0 Å². The summed E-state index contributed by atoms with van der Waals surface area (Å²) in [6.45, 7) is 3.81. The molecule has 1 atom stereocenters. The van der Waals surface area contributed by atoms with Gasteiger partial charge in [-0.25, -0.2) is 4.79 Å². The molecule has 0 radical (unpaired) electrons. The monoisotopic (exact) mass is 452 g/mol. The highest BCUT2D eigenvalue weighted by Gasteiger charge is 2.31. The van der Waals surface area contributed by atoms with E-state index in [0.717, 1.165) is 11.1 Å². The molecule has 0 spiro atoms. The Labute approximate surface area is 192 Å². The molecule has 1 aliphatic rings. The van der Waals surface area contributed by atoms with Gasteiger partial charge in [-0.05, 0) is 37.8 Å². The molecule has 0 aromatic heterocycles. The van der Waals surface area contributed by atoms with Crippen molar-refractivity contribution >= 4 is 17.8 Å². The number of esters is 1. The SMILES string of the molecule is COc1c(C)c2c(c(O)c1C/C=C(\C)CCC(=O)NC(C(N)=O)c1ccccc1)C(=O)OC2. The lowest BCUT2D eigenvalue weighted by atomic mass is 9.94. The molecule has 4 N–H and O–H groups in total. The molecule has 0 fully saturated rings. The summed E-state index contributed by atoms with van der Waals surface area (Å²) in [5.74, 6) is -1.10. The average Bonchev–Trinajstić information content (AvgIpc) is 3.19. The normalized spacial score (nSPS) is 13.8. The second-order valence-electron chi connectivity index (χ2n) is 7.98. The Morgan fingerprint density at radius 1 is 1.27 bits per heavy atom. The third kappa shape index (κ3) is 5.16. The second kappa shape index (κ2) is 10.2. The molecule has 2 aromatic rings. The number of carbonyl (C=O) groups excluding carboxylic acids is 3. The molecule has 8 nitrogen and oxygen atoms in total. The van der Waals surface area contributed by atoms with Crippen molar-refractivity contribution in [2.75, 3.05) is 7.11 Å². The smallest absolute Gasteiger partial charge is 0.342 e. The van der Waals surface area contributed by atoms with Crippen LogP contribution in [0.3, 0.4) is 0 Å². The highest BCUT2D eigenvalue weighted by Crippen LogP contribution is 2.42. The van der Waals surface area contributed by atoms with E-state index in [1.165, 1.54) is 7.11 Å². The number of hydrogen-bond donors (Lipinski definition) is 3. The van der Waals surface area contributed by atoms with Crippen molar-refractivity contribution in [1.82, 2.24) is 5.32 Å². The van der Waals surface area contributed by atoms with Gasteiger partial charge in [0.1, 0.15) is 29.7 Å². The third-order valence-corrected chi connectivity index (χ3v) is 5.77. The summed E-state index contributed by atoms with van der Waals surface area (Å²) in [5, 5.41) is 13.4. The molecular weight excluding hydrogens is 424 g/mol. The topological polar surface area (TPSA) is 128 Å². The number of rotatable bonds is 9. The van der Waals surface area contributed by atoms with Crippen molar-refractivity contribution in [2.24, 2.45) is 5.73 Å². The summed E-state index contributed by atoms with van der Waals surface area (Å²) < 4.78 is 10.6. The van der Waals surface area contributed by atoms with Gasteiger partial charge in [0.05, 0.1) is 7.11 Å². The first-order valence-corrected chi connectivity index (χ1v) is 10.6. The summed E-state index contributed by atoms with van der Waals surface area (Å²) in [6.07, 6.45) is 2.80. The lowest BCUT2D eigenvalue weighted by Crippen LogP contribution is -2.37. The number of phenols is 1. The maximum absolute atomic E-state index is 12.4. The number of methoxy groups -OCH3 is 1. The molecule has 8 heteroatoms. The van der Waals surface area contributed by atoms with Crippen LogP contribution in [0.2, 0.25) is 0 Å². The number of carbonyl (C=O) groups is 3. The molecule has 2 amide bonds. The number of allylic oxidation sites excluding steroid dienone is 2. The maximum Gasteiger partial charge on any atom is 0.342 e. The van der Waals surface area contributed by atoms with Crippen LogP contribution in [0.5, 0.6) is 11.5 Å². The fourth-order valence-electron chi connectivity index (χ4n) is 3.91. The summed E-state index contributed by atoms with van der Waals surface area (Å²) >= 11 is 0. The molecule has 1 aliphatic heterocycles. The molecule has 3 rings (SSSR count).